The normalized spacial score (nSPS) is 19.4. The van der Waals surface area contributed by atoms with Gasteiger partial charge in [0.05, 0.1) is 16.1 Å². The van der Waals surface area contributed by atoms with Crippen LogP contribution in [-0.2, 0) is 16.1 Å². The van der Waals surface area contributed by atoms with Crippen LogP contribution < -0.4 is 10.6 Å². The molecule has 1 fully saturated rings. The van der Waals surface area contributed by atoms with E-state index in [1.807, 2.05) is 0 Å². The largest absolute Gasteiger partial charge is 0.302 e. The van der Waals surface area contributed by atoms with Crippen LogP contribution in [0.4, 0.5) is 0 Å². The monoisotopic (exact) mass is 320 g/mol. The highest BCUT2D eigenvalue weighted by Crippen LogP contribution is 2.31. The Morgan fingerprint density at radius 2 is 1.89 bits per heavy atom. The average Bonchev–Trinajstić information content (AvgIpc) is 2.36. The number of carbonyl (C=O) groups excluding carboxylic acids is 2. The molecule has 2 N–H and O–H groups in total. The summed E-state index contributed by atoms with van der Waals surface area (Å²) in [5, 5.41) is 6.56. The number of benzene rings is 1. The van der Waals surface area contributed by atoms with Gasteiger partial charge in [-0.1, -0.05) is 34.8 Å². The van der Waals surface area contributed by atoms with E-state index in [0.717, 1.165) is 0 Å². The Bertz CT molecular complexity index is 534. The lowest BCUT2D eigenvalue weighted by Gasteiger charge is -2.22. The number of imide groups is 1. The molecular formula is C12H11Cl3N2O2. The molecule has 1 aromatic rings. The SMILES string of the molecule is O=C1CCC(NCc2c(Cl)ccc(Cl)c2Cl)C(=O)N1. The van der Waals surface area contributed by atoms with E-state index in [0.29, 0.717) is 40.0 Å². The van der Waals surface area contributed by atoms with E-state index in [2.05, 4.69) is 10.6 Å². The minimum atomic E-state index is -0.427. The van der Waals surface area contributed by atoms with Crippen molar-refractivity contribution in [3.8, 4) is 0 Å². The molecule has 1 aromatic carbocycles. The molecule has 2 rings (SSSR count). The molecule has 0 bridgehead atoms. The predicted molar refractivity (Wildman–Crippen MR) is 74.5 cm³/mol. The van der Waals surface area contributed by atoms with Crippen molar-refractivity contribution >= 4 is 46.6 Å². The number of amides is 2. The molecule has 1 saturated heterocycles. The summed E-state index contributed by atoms with van der Waals surface area (Å²) in [6, 6.07) is 2.84. The standard InChI is InChI=1S/C12H11Cl3N2O2/c13-7-1-2-8(14)11(15)6(7)5-16-9-3-4-10(18)17-12(9)19/h1-2,9,16H,3-5H2,(H,17,18,19). The first-order valence-electron chi connectivity index (χ1n) is 5.68. The highest BCUT2D eigenvalue weighted by molar-refractivity contribution is 6.44. The van der Waals surface area contributed by atoms with Gasteiger partial charge in [-0.3, -0.25) is 14.9 Å². The maximum atomic E-state index is 11.6. The maximum Gasteiger partial charge on any atom is 0.243 e. The Hall–Kier alpha value is -0.810. The van der Waals surface area contributed by atoms with Crippen LogP contribution >= 0.6 is 34.8 Å². The molecule has 2 amide bonds. The zero-order valence-electron chi connectivity index (χ0n) is 9.80. The Labute approximate surface area is 125 Å². The highest BCUT2D eigenvalue weighted by atomic mass is 35.5. The number of nitrogens with one attached hydrogen (secondary N) is 2. The Balaban J connectivity index is 2.05. The summed E-state index contributed by atoms with van der Waals surface area (Å²) in [5.74, 6) is -0.576. The van der Waals surface area contributed by atoms with E-state index in [-0.39, 0.29) is 11.8 Å². The molecule has 1 aliphatic rings. The van der Waals surface area contributed by atoms with Crippen molar-refractivity contribution in [1.82, 2.24) is 10.6 Å². The van der Waals surface area contributed by atoms with Crippen LogP contribution in [0.5, 0.6) is 0 Å². The molecule has 0 aromatic heterocycles. The summed E-state index contributed by atoms with van der Waals surface area (Å²) in [6.45, 7) is 0.310. The van der Waals surface area contributed by atoms with E-state index >= 15 is 0 Å². The second-order valence-corrected chi connectivity index (χ2v) is 5.40. The highest BCUT2D eigenvalue weighted by Gasteiger charge is 2.26. The molecule has 4 nitrogen and oxygen atoms in total. The number of hydrogen-bond donors (Lipinski definition) is 2. The Kier molecular flexibility index (Phi) is 4.68. The second-order valence-electron chi connectivity index (χ2n) is 4.21. The van der Waals surface area contributed by atoms with Crippen LogP contribution in [0.3, 0.4) is 0 Å². The molecule has 102 valence electrons. The second kappa shape index (κ2) is 6.09. The fraction of sp³-hybridized carbons (Fsp3) is 0.333. The minimum Gasteiger partial charge on any atom is -0.302 e. The molecule has 1 unspecified atom stereocenters. The molecule has 19 heavy (non-hydrogen) atoms. The van der Waals surface area contributed by atoms with Crippen LogP contribution in [0.25, 0.3) is 0 Å². The number of carbonyl (C=O) groups is 2. The van der Waals surface area contributed by atoms with E-state index < -0.39 is 6.04 Å². The van der Waals surface area contributed by atoms with Gasteiger partial charge in [-0.15, -0.1) is 0 Å². The van der Waals surface area contributed by atoms with Gasteiger partial charge in [0, 0.05) is 23.6 Å². The first kappa shape index (κ1) is 14.6. The van der Waals surface area contributed by atoms with Gasteiger partial charge in [-0.2, -0.15) is 0 Å². The molecule has 0 aliphatic carbocycles. The smallest absolute Gasteiger partial charge is 0.243 e. The summed E-state index contributed by atoms with van der Waals surface area (Å²) in [6.07, 6.45) is 0.779. The molecular weight excluding hydrogens is 311 g/mol. The Morgan fingerprint density at radius 1 is 1.21 bits per heavy atom. The average molecular weight is 322 g/mol. The van der Waals surface area contributed by atoms with Crippen molar-refractivity contribution in [3.05, 3.63) is 32.8 Å². The quantitative estimate of drug-likeness (QED) is 0.664. The lowest BCUT2D eigenvalue weighted by atomic mass is 10.1. The van der Waals surface area contributed by atoms with Crippen LogP contribution in [-0.4, -0.2) is 17.9 Å². The number of piperidine rings is 1. The van der Waals surface area contributed by atoms with Crippen molar-refractivity contribution in [2.75, 3.05) is 0 Å². The third-order valence-electron chi connectivity index (χ3n) is 2.90. The molecule has 1 heterocycles. The summed E-state index contributed by atoms with van der Waals surface area (Å²) in [4.78, 5) is 22.6. The Morgan fingerprint density at radius 3 is 2.58 bits per heavy atom. The van der Waals surface area contributed by atoms with Gasteiger partial charge >= 0.3 is 0 Å². The van der Waals surface area contributed by atoms with Crippen LogP contribution in [0, 0.1) is 0 Å². The van der Waals surface area contributed by atoms with E-state index in [9.17, 15) is 9.59 Å². The molecule has 1 atom stereocenters. The molecule has 0 spiro atoms. The summed E-state index contributed by atoms with van der Waals surface area (Å²) in [7, 11) is 0. The van der Waals surface area contributed by atoms with Crippen molar-refractivity contribution in [2.45, 2.75) is 25.4 Å². The van der Waals surface area contributed by atoms with Gasteiger partial charge in [0.2, 0.25) is 11.8 Å². The minimum absolute atomic E-state index is 0.248. The van der Waals surface area contributed by atoms with E-state index in [1.165, 1.54) is 0 Å². The fourth-order valence-corrected chi connectivity index (χ4v) is 2.53. The first-order valence-corrected chi connectivity index (χ1v) is 6.82. The van der Waals surface area contributed by atoms with Crippen molar-refractivity contribution in [1.29, 1.82) is 0 Å². The topological polar surface area (TPSA) is 58.2 Å². The lowest BCUT2D eigenvalue weighted by molar-refractivity contribution is -0.134. The van der Waals surface area contributed by atoms with Gasteiger partial charge in [0.1, 0.15) is 0 Å². The summed E-state index contributed by atoms with van der Waals surface area (Å²) >= 11 is 18.0. The van der Waals surface area contributed by atoms with E-state index in [4.69, 9.17) is 34.8 Å². The zero-order valence-corrected chi connectivity index (χ0v) is 12.1. The van der Waals surface area contributed by atoms with Crippen molar-refractivity contribution < 1.29 is 9.59 Å². The van der Waals surface area contributed by atoms with Crippen LogP contribution in [0.1, 0.15) is 18.4 Å². The molecule has 0 saturated carbocycles. The van der Waals surface area contributed by atoms with Gasteiger partial charge in [0.25, 0.3) is 0 Å². The summed E-state index contributed by atoms with van der Waals surface area (Å²) in [5.41, 5.74) is 0.639. The third-order valence-corrected chi connectivity index (χ3v) is 4.10. The molecule has 7 heteroatoms. The maximum absolute atomic E-state index is 11.6. The first-order chi connectivity index (χ1) is 8.99. The third kappa shape index (κ3) is 3.39. The van der Waals surface area contributed by atoms with Gasteiger partial charge in [-0.05, 0) is 18.6 Å². The van der Waals surface area contributed by atoms with Crippen LogP contribution in [0.2, 0.25) is 15.1 Å². The molecule has 0 radical (unpaired) electrons. The van der Waals surface area contributed by atoms with E-state index in [1.54, 1.807) is 12.1 Å². The number of halogens is 3. The van der Waals surface area contributed by atoms with Crippen molar-refractivity contribution in [2.24, 2.45) is 0 Å². The van der Waals surface area contributed by atoms with Crippen molar-refractivity contribution in [3.63, 3.8) is 0 Å². The van der Waals surface area contributed by atoms with Crippen LogP contribution in [0.15, 0.2) is 12.1 Å². The lowest BCUT2D eigenvalue weighted by Crippen LogP contribution is -2.50. The molecule has 1 aliphatic heterocycles. The van der Waals surface area contributed by atoms with Gasteiger partial charge in [0.15, 0.2) is 0 Å². The predicted octanol–water partition coefficient (Wildman–Crippen LogP) is 2.54. The summed E-state index contributed by atoms with van der Waals surface area (Å²) < 4.78 is 0. The fourth-order valence-electron chi connectivity index (χ4n) is 1.84. The van der Waals surface area contributed by atoms with Gasteiger partial charge in [-0.25, -0.2) is 0 Å². The van der Waals surface area contributed by atoms with Gasteiger partial charge < -0.3 is 5.32 Å². The number of rotatable bonds is 3. The number of hydrogen-bond acceptors (Lipinski definition) is 3. The zero-order chi connectivity index (χ0) is 14.0.